The number of amides is 2. The molecule has 27 heavy (non-hydrogen) atoms. The molecule has 0 N–H and O–H groups in total. The van der Waals surface area contributed by atoms with Gasteiger partial charge >= 0.3 is 0 Å². The quantitative estimate of drug-likeness (QED) is 0.460. The molecule has 0 saturated carbocycles. The summed E-state index contributed by atoms with van der Waals surface area (Å²) in [6.07, 6.45) is 3.96. The van der Waals surface area contributed by atoms with E-state index in [-0.39, 0.29) is 17.6 Å². The van der Waals surface area contributed by atoms with Crippen LogP contribution in [0.25, 0.3) is 5.57 Å². The highest BCUT2D eigenvalue weighted by Crippen LogP contribution is 2.39. The van der Waals surface area contributed by atoms with Gasteiger partial charge < -0.3 is 0 Å². The highest BCUT2D eigenvalue weighted by molar-refractivity contribution is 8.04. The van der Waals surface area contributed by atoms with E-state index < -0.39 is 0 Å². The average molecular weight is 383 g/mol. The molecule has 0 fully saturated rings. The number of thioether (sulfide) groups is 1. The van der Waals surface area contributed by atoms with Crippen LogP contribution in [0.2, 0.25) is 0 Å². The summed E-state index contributed by atoms with van der Waals surface area (Å²) in [5.74, 6) is -0.920. The second-order valence-electron chi connectivity index (χ2n) is 6.45. The second kappa shape index (κ2) is 9.00. The molecular weight excluding hydrogens is 361 g/mol. The van der Waals surface area contributed by atoms with Crippen LogP contribution in [0.4, 0.5) is 4.39 Å². The number of benzene rings is 2. The molecule has 2 aromatic carbocycles. The normalized spacial score (nSPS) is 14.4. The first-order chi connectivity index (χ1) is 13.1. The zero-order valence-corrected chi connectivity index (χ0v) is 16.1. The highest BCUT2D eigenvalue weighted by atomic mass is 32.2. The molecule has 0 bridgehead atoms. The summed E-state index contributed by atoms with van der Waals surface area (Å²) in [4.78, 5) is 28.6. The summed E-state index contributed by atoms with van der Waals surface area (Å²) in [6.45, 7) is 2.54. The molecule has 5 heteroatoms. The standard InChI is InChI=1S/C22H22FNO2S/c1-2-3-4-8-15-24-21(25)19(16-11-13-17(23)14-12-16)20(22(24)26)27-18-9-6-5-7-10-18/h5-7,9-14H,2-4,8,15H2,1H3. The van der Waals surface area contributed by atoms with E-state index in [0.717, 1.165) is 30.6 Å². The summed E-state index contributed by atoms with van der Waals surface area (Å²) < 4.78 is 13.3. The Bertz CT molecular complexity index is 846. The second-order valence-corrected chi connectivity index (χ2v) is 7.53. The minimum absolute atomic E-state index is 0.260. The van der Waals surface area contributed by atoms with E-state index in [1.807, 2.05) is 30.3 Å². The number of imide groups is 1. The number of rotatable bonds is 8. The van der Waals surface area contributed by atoms with Crippen molar-refractivity contribution in [2.45, 2.75) is 37.5 Å². The fourth-order valence-corrected chi connectivity index (χ4v) is 4.06. The lowest BCUT2D eigenvalue weighted by atomic mass is 10.1. The molecule has 0 aliphatic carbocycles. The van der Waals surface area contributed by atoms with Crippen molar-refractivity contribution in [3.05, 3.63) is 70.9 Å². The molecule has 3 nitrogen and oxygen atoms in total. The molecule has 140 valence electrons. The first kappa shape index (κ1) is 19.4. The molecule has 1 heterocycles. The van der Waals surface area contributed by atoms with E-state index in [4.69, 9.17) is 0 Å². The van der Waals surface area contributed by atoms with Crippen LogP contribution in [0.15, 0.2) is 64.4 Å². The minimum Gasteiger partial charge on any atom is -0.274 e. The summed E-state index contributed by atoms with van der Waals surface area (Å²) in [6, 6.07) is 15.2. The largest absolute Gasteiger partial charge is 0.274 e. The van der Waals surface area contributed by atoms with Gasteiger partial charge in [-0.25, -0.2) is 4.39 Å². The molecular formula is C22H22FNO2S. The van der Waals surface area contributed by atoms with E-state index >= 15 is 0 Å². The Labute approximate surface area is 163 Å². The third kappa shape index (κ3) is 4.48. The van der Waals surface area contributed by atoms with Crippen LogP contribution >= 0.6 is 11.8 Å². The lowest BCUT2D eigenvalue weighted by Gasteiger charge is -2.14. The fraction of sp³-hybridized carbons (Fsp3) is 0.273. The molecule has 3 rings (SSSR count). The van der Waals surface area contributed by atoms with Crippen LogP contribution in [0.5, 0.6) is 0 Å². The van der Waals surface area contributed by atoms with Gasteiger partial charge in [-0.15, -0.1) is 0 Å². The van der Waals surface area contributed by atoms with Crippen molar-refractivity contribution in [2.75, 3.05) is 6.54 Å². The fourth-order valence-electron chi connectivity index (χ4n) is 3.03. The summed E-state index contributed by atoms with van der Waals surface area (Å²) in [5.41, 5.74) is 0.939. The zero-order chi connectivity index (χ0) is 19.2. The van der Waals surface area contributed by atoms with Crippen LogP contribution in [-0.4, -0.2) is 23.3 Å². The number of hydrogen-bond donors (Lipinski definition) is 0. The van der Waals surface area contributed by atoms with Crippen LogP contribution in [-0.2, 0) is 9.59 Å². The van der Waals surface area contributed by atoms with E-state index in [9.17, 15) is 14.0 Å². The van der Waals surface area contributed by atoms with E-state index in [1.165, 1.54) is 28.8 Å². The topological polar surface area (TPSA) is 37.4 Å². The molecule has 0 radical (unpaired) electrons. The van der Waals surface area contributed by atoms with Crippen LogP contribution < -0.4 is 0 Å². The predicted molar refractivity (Wildman–Crippen MR) is 106 cm³/mol. The molecule has 0 spiro atoms. The lowest BCUT2D eigenvalue weighted by molar-refractivity contribution is -0.136. The molecule has 2 amide bonds. The minimum atomic E-state index is -0.371. The Morgan fingerprint density at radius 2 is 1.59 bits per heavy atom. The first-order valence-corrected chi connectivity index (χ1v) is 10.0. The van der Waals surface area contributed by atoms with Crippen molar-refractivity contribution in [3.8, 4) is 0 Å². The maximum atomic E-state index is 13.3. The number of nitrogens with zero attached hydrogens (tertiary/aromatic N) is 1. The van der Waals surface area contributed by atoms with Gasteiger partial charge in [-0.2, -0.15) is 0 Å². The highest BCUT2D eigenvalue weighted by Gasteiger charge is 2.39. The van der Waals surface area contributed by atoms with E-state index in [0.29, 0.717) is 22.6 Å². The van der Waals surface area contributed by atoms with Crippen molar-refractivity contribution in [2.24, 2.45) is 0 Å². The maximum absolute atomic E-state index is 13.3. The Kier molecular flexibility index (Phi) is 6.45. The van der Waals surface area contributed by atoms with Crippen LogP contribution in [0, 0.1) is 5.82 Å². The van der Waals surface area contributed by atoms with E-state index in [2.05, 4.69) is 6.92 Å². The Morgan fingerprint density at radius 1 is 0.889 bits per heavy atom. The molecule has 1 aliphatic rings. The molecule has 2 aromatic rings. The van der Waals surface area contributed by atoms with Crippen molar-refractivity contribution in [1.29, 1.82) is 0 Å². The van der Waals surface area contributed by atoms with Gasteiger partial charge in [-0.1, -0.05) is 68.3 Å². The predicted octanol–water partition coefficient (Wildman–Crippen LogP) is 5.28. The zero-order valence-electron chi connectivity index (χ0n) is 15.3. The van der Waals surface area contributed by atoms with Crippen LogP contribution in [0.3, 0.4) is 0 Å². The van der Waals surface area contributed by atoms with Crippen molar-refractivity contribution in [3.63, 3.8) is 0 Å². The summed E-state index contributed by atoms with van der Waals surface area (Å²) in [7, 11) is 0. The summed E-state index contributed by atoms with van der Waals surface area (Å²) in [5, 5.41) is 0. The molecule has 1 aliphatic heterocycles. The Balaban J connectivity index is 1.92. The van der Waals surface area contributed by atoms with Gasteiger partial charge in [0.1, 0.15) is 5.82 Å². The van der Waals surface area contributed by atoms with Gasteiger partial charge in [-0.3, -0.25) is 14.5 Å². The molecule has 0 unspecified atom stereocenters. The number of unbranched alkanes of at least 4 members (excludes halogenated alkanes) is 3. The van der Waals surface area contributed by atoms with Gasteiger partial charge in [0, 0.05) is 11.4 Å². The van der Waals surface area contributed by atoms with E-state index in [1.54, 1.807) is 12.1 Å². The maximum Gasteiger partial charge on any atom is 0.268 e. The van der Waals surface area contributed by atoms with Crippen LogP contribution in [0.1, 0.15) is 38.2 Å². The SMILES string of the molecule is CCCCCCN1C(=O)C(Sc2ccccc2)=C(c2ccc(F)cc2)C1=O. The third-order valence-corrected chi connectivity index (χ3v) is 5.55. The van der Waals surface area contributed by atoms with Gasteiger partial charge in [-0.05, 0) is 36.2 Å². The monoisotopic (exact) mass is 383 g/mol. The molecule has 0 saturated heterocycles. The summed E-state index contributed by atoms with van der Waals surface area (Å²) >= 11 is 1.29. The lowest BCUT2D eigenvalue weighted by Crippen LogP contribution is -2.32. The number of carbonyl (C=O) groups excluding carboxylic acids is 2. The molecule has 0 aromatic heterocycles. The van der Waals surface area contributed by atoms with Gasteiger partial charge in [0.2, 0.25) is 0 Å². The van der Waals surface area contributed by atoms with Gasteiger partial charge in [0.15, 0.2) is 0 Å². The van der Waals surface area contributed by atoms with Gasteiger partial charge in [0.05, 0.1) is 10.5 Å². The van der Waals surface area contributed by atoms with Gasteiger partial charge in [0.25, 0.3) is 11.8 Å². The van der Waals surface area contributed by atoms with Crippen molar-refractivity contribution >= 4 is 29.1 Å². The average Bonchev–Trinajstić information content (AvgIpc) is 2.91. The van der Waals surface area contributed by atoms with Crippen molar-refractivity contribution < 1.29 is 14.0 Å². The third-order valence-electron chi connectivity index (χ3n) is 4.46. The smallest absolute Gasteiger partial charge is 0.268 e. The number of hydrogen-bond acceptors (Lipinski definition) is 3. The molecule has 0 atom stereocenters. The van der Waals surface area contributed by atoms with Crippen molar-refractivity contribution in [1.82, 2.24) is 4.90 Å². The Hall–Kier alpha value is -2.40. The number of carbonyl (C=O) groups is 2. The Morgan fingerprint density at radius 3 is 2.26 bits per heavy atom. The number of halogens is 1. The first-order valence-electron chi connectivity index (χ1n) is 9.21.